The van der Waals surface area contributed by atoms with Crippen LogP contribution in [0.4, 0.5) is 4.39 Å². The monoisotopic (exact) mass is 300 g/mol. The van der Waals surface area contributed by atoms with Crippen LogP contribution in [0.15, 0.2) is 22.7 Å². The van der Waals surface area contributed by atoms with Gasteiger partial charge in [-0.2, -0.15) is 0 Å². The molecule has 1 aromatic carbocycles. The molecule has 1 heterocycles. The summed E-state index contributed by atoms with van der Waals surface area (Å²) in [5.41, 5.74) is 0.775. The summed E-state index contributed by atoms with van der Waals surface area (Å²) in [6.45, 7) is 4.95. The average molecular weight is 301 g/mol. The van der Waals surface area contributed by atoms with E-state index in [1.165, 1.54) is 6.07 Å². The molecular formula is C13H18BrFN2. The van der Waals surface area contributed by atoms with Gasteiger partial charge in [0.25, 0.3) is 0 Å². The number of likely N-dealkylation sites (N-methyl/N-ethyl adjacent to an activating group) is 1. The van der Waals surface area contributed by atoms with Crippen LogP contribution in [0.3, 0.4) is 0 Å². The van der Waals surface area contributed by atoms with Gasteiger partial charge in [-0.3, -0.25) is 4.90 Å². The molecule has 0 atom stereocenters. The Morgan fingerprint density at radius 1 is 1.24 bits per heavy atom. The van der Waals surface area contributed by atoms with E-state index < -0.39 is 0 Å². The lowest BCUT2D eigenvalue weighted by Crippen LogP contribution is -2.29. The van der Waals surface area contributed by atoms with Crippen molar-refractivity contribution in [3.05, 3.63) is 34.1 Å². The van der Waals surface area contributed by atoms with Crippen molar-refractivity contribution in [2.75, 3.05) is 33.2 Å². The molecule has 94 valence electrons. The van der Waals surface area contributed by atoms with Crippen LogP contribution in [0.5, 0.6) is 0 Å². The first-order valence-corrected chi connectivity index (χ1v) is 6.80. The molecule has 0 aliphatic carbocycles. The minimum Gasteiger partial charge on any atom is -0.305 e. The van der Waals surface area contributed by atoms with Gasteiger partial charge in [-0.25, -0.2) is 4.39 Å². The molecule has 0 N–H and O–H groups in total. The molecule has 4 heteroatoms. The quantitative estimate of drug-likeness (QED) is 0.829. The van der Waals surface area contributed by atoms with Gasteiger partial charge in [0.2, 0.25) is 0 Å². The molecule has 0 aromatic heterocycles. The van der Waals surface area contributed by atoms with Gasteiger partial charge in [0, 0.05) is 29.7 Å². The molecule has 2 rings (SSSR count). The fraction of sp³-hybridized carbons (Fsp3) is 0.538. The van der Waals surface area contributed by atoms with Crippen LogP contribution in [0.1, 0.15) is 12.0 Å². The van der Waals surface area contributed by atoms with Crippen LogP contribution in [0.2, 0.25) is 0 Å². The van der Waals surface area contributed by atoms with Crippen LogP contribution in [-0.2, 0) is 6.54 Å². The van der Waals surface area contributed by atoms with E-state index in [1.54, 1.807) is 6.07 Å². The Bertz CT molecular complexity index is 363. The highest BCUT2D eigenvalue weighted by atomic mass is 79.9. The summed E-state index contributed by atoms with van der Waals surface area (Å²) in [5, 5.41) is 0. The number of nitrogens with zero attached hydrogens (tertiary/aromatic N) is 2. The molecule has 0 radical (unpaired) electrons. The van der Waals surface area contributed by atoms with Gasteiger partial charge >= 0.3 is 0 Å². The molecule has 0 unspecified atom stereocenters. The highest BCUT2D eigenvalue weighted by Gasteiger charge is 2.15. The highest BCUT2D eigenvalue weighted by Crippen LogP contribution is 2.21. The second kappa shape index (κ2) is 5.94. The van der Waals surface area contributed by atoms with Crippen LogP contribution < -0.4 is 0 Å². The van der Waals surface area contributed by atoms with Gasteiger partial charge in [-0.15, -0.1) is 0 Å². The number of rotatable bonds is 2. The summed E-state index contributed by atoms with van der Waals surface area (Å²) < 4.78 is 14.6. The van der Waals surface area contributed by atoms with Crippen molar-refractivity contribution in [2.45, 2.75) is 13.0 Å². The van der Waals surface area contributed by atoms with Gasteiger partial charge in [-0.1, -0.05) is 22.0 Å². The van der Waals surface area contributed by atoms with E-state index in [0.717, 1.165) is 42.6 Å². The largest absolute Gasteiger partial charge is 0.305 e. The minimum atomic E-state index is -0.114. The predicted octanol–water partition coefficient (Wildman–Crippen LogP) is 2.73. The van der Waals surface area contributed by atoms with Crippen molar-refractivity contribution in [1.82, 2.24) is 9.80 Å². The van der Waals surface area contributed by atoms with Crippen LogP contribution >= 0.6 is 15.9 Å². The molecule has 0 bridgehead atoms. The van der Waals surface area contributed by atoms with Crippen molar-refractivity contribution in [1.29, 1.82) is 0 Å². The van der Waals surface area contributed by atoms with Crippen molar-refractivity contribution in [2.24, 2.45) is 0 Å². The van der Waals surface area contributed by atoms with Gasteiger partial charge in [0.15, 0.2) is 0 Å². The average Bonchev–Trinajstić information content (AvgIpc) is 2.49. The zero-order chi connectivity index (χ0) is 12.3. The molecule has 1 fully saturated rings. The SMILES string of the molecule is CN1CCCN(Cc2c(F)cccc2Br)CC1. The summed E-state index contributed by atoms with van der Waals surface area (Å²) in [7, 11) is 2.14. The van der Waals surface area contributed by atoms with E-state index in [-0.39, 0.29) is 5.82 Å². The maximum absolute atomic E-state index is 13.7. The fourth-order valence-corrected chi connectivity index (χ4v) is 2.63. The standard InChI is InChI=1S/C13H18BrFN2/c1-16-6-3-7-17(9-8-16)10-11-12(14)4-2-5-13(11)15/h2,4-5H,3,6-10H2,1H3. The van der Waals surface area contributed by atoms with Crippen molar-refractivity contribution in [3.63, 3.8) is 0 Å². The molecular weight excluding hydrogens is 283 g/mol. The molecule has 1 aliphatic heterocycles. The Labute approximate surface area is 111 Å². The highest BCUT2D eigenvalue weighted by molar-refractivity contribution is 9.10. The van der Waals surface area contributed by atoms with Gasteiger partial charge in [-0.05, 0) is 38.7 Å². The summed E-state index contributed by atoms with van der Waals surface area (Å²) in [5.74, 6) is -0.114. The molecule has 1 aromatic rings. The van der Waals surface area contributed by atoms with E-state index in [2.05, 4.69) is 32.8 Å². The summed E-state index contributed by atoms with van der Waals surface area (Å²) in [6.07, 6.45) is 1.16. The lowest BCUT2D eigenvalue weighted by atomic mass is 10.2. The van der Waals surface area contributed by atoms with Crippen molar-refractivity contribution in [3.8, 4) is 0 Å². The smallest absolute Gasteiger partial charge is 0.128 e. The van der Waals surface area contributed by atoms with E-state index in [0.29, 0.717) is 6.54 Å². The van der Waals surface area contributed by atoms with Gasteiger partial charge in [0.1, 0.15) is 5.82 Å². The van der Waals surface area contributed by atoms with E-state index >= 15 is 0 Å². The maximum atomic E-state index is 13.7. The Kier molecular flexibility index (Phi) is 4.54. The second-order valence-corrected chi connectivity index (χ2v) is 5.49. The zero-order valence-electron chi connectivity index (χ0n) is 10.1. The summed E-state index contributed by atoms with van der Waals surface area (Å²) in [4.78, 5) is 4.66. The Balaban J connectivity index is 2.05. The molecule has 2 nitrogen and oxygen atoms in total. The molecule has 0 amide bonds. The van der Waals surface area contributed by atoms with Crippen LogP contribution in [0, 0.1) is 5.82 Å². The molecule has 0 saturated carbocycles. The normalized spacial score (nSPS) is 19.2. The van der Waals surface area contributed by atoms with E-state index in [4.69, 9.17) is 0 Å². The summed E-state index contributed by atoms with van der Waals surface area (Å²) >= 11 is 3.43. The number of hydrogen-bond donors (Lipinski definition) is 0. The number of benzene rings is 1. The zero-order valence-corrected chi connectivity index (χ0v) is 11.7. The molecule has 1 aliphatic rings. The van der Waals surface area contributed by atoms with Crippen molar-refractivity contribution < 1.29 is 4.39 Å². The lowest BCUT2D eigenvalue weighted by Gasteiger charge is -2.21. The predicted molar refractivity (Wildman–Crippen MR) is 71.5 cm³/mol. The van der Waals surface area contributed by atoms with Crippen LogP contribution in [-0.4, -0.2) is 43.0 Å². The first-order valence-electron chi connectivity index (χ1n) is 6.00. The molecule has 0 spiro atoms. The lowest BCUT2D eigenvalue weighted by molar-refractivity contribution is 0.265. The molecule has 17 heavy (non-hydrogen) atoms. The third-order valence-corrected chi connectivity index (χ3v) is 4.00. The van der Waals surface area contributed by atoms with E-state index in [1.807, 2.05) is 6.07 Å². The number of hydrogen-bond acceptors (Lipinski definition) is 2. The third-order valence-electron chi connectivity index (χ3n) is 3.26. The number of halogens is 2. The third kappa shape index (κ3) is 3.50. The van der Waals surface area contributed by atoms with E-state index in [9.17, 15) is 4.39 Å². The topological polar surface area (TPSA) is 6.48 Å². The first kappa shape index (κ1) is 13.0. The maximum Gasteiger partial charge on any atom is 0.128 e. The van der Waals surface area contributed by atoms with Gasteiger partial charge < -0.3 is 4.90 Å². The fourth-order valence-electron chi connectivity index (χ4n) is 2.17. The Morgan fingerprint density at radius 3 is 2.82 bits per heavy atom. The Hall–Kier alpha value is -0.450. The second-order valence-electron chi connectivity index (χ2n) is 4.63. The minimum absolute atomic E-state index is 0.114. The summed E-state index contributed by atoms with van der Waals surface area (Å²) in [6, 6.07) is 5.17. The van der Waals surface area contributed by atoms with Crippen molar-refractivity contribution >= 4 is 15.9 Å². The van der Waals surface area contributed by atoms with Crippen LogP contribution in [0.25, 0.3) is 0 Å². The molecule has 1 saturated heterocycles. The Morgan fingerprint density at radius 2 is 2.06 bits per heavy atom. The first-order chi connectivity index (χ1) is 8.16. The van der Waals surface area contributed by atoms with Gasteiger partial charge in [0.05, 0.1) is 0 Å².